The summed E-state index contributed by atoms with van der Waals surface area (Å²) in [6, 6.07) is 16.6. The Bertz CT molecular complexity index is 578. The third kappa shape index (κ3) is 3.07. The van der Waals surface area contributed by atoms with Crippen LogP contribution in [0.5, 0.6) is 5.75 Å². The summed E-state index contributed by atoms with van der Waals surface area (Å²) < 4.78 is 5.28. The van der Waals surface area contributed by atoms with Crippen LogP contribution in [0.4, 0.5) is 5.69 Å². The fourth-order valence-electron chi connectivity index (χ4n) is 2.47. The van der Waals surface area contributed by atoms with E-state index in [-0.39, 0.29) is 0 Å². The van der Waals surface area contributed by atoms with E-state index < -0.39 is 0 Å². The molecule has 0 saturated heterocycles. The maximum atomic E-state index is 5.97. The van der Waals surface area contributed by atoms with Gasteiger partial charge < -0.3 is 10.1 Å². The van der Waals surface area contributed by atoms with Gasteiger partial charge in [0.2, 0.25) is 0 Å². The summed E-state index contributed by atoms with van der Waals surface area (Å²) in [6.45, 7) is 0. The van der Waals surface area contributed by atoms with Crippen molar-refractivity contribution in [3.05, 3.63) is 59.1 Å². The highest BCUT2D eigenvalue weighted by atomic mass is 35.5. The second-order valence-corrected chi connectivity index (χ2v) is 5.68. The third-order valence-electron chi connectivity index (χ3n) is 3.71. The van der Waals surface area contributed by atoms with Crippen LogP contribution in [-0.2, 0) is 0 Å². The highest BCUT2D eigenvalue weighted by Crippen LogP contribution is 2.43. The molecular formula is C17H18ClNO. The van der Waals surface area contributed by atoms with Crippen LogP contribution in [0.1, 0.15) is 24.4 Å². The van der Waals surface area contributed by atoms with Gasteiger partial charge in [0.25, 0.3) is 0 Å². The Morgan fingerprint density at radius 3 is 2.55 bits per heavy atom. The lowest BCUT2D eigenvalue weighted by molar-refractivity contribution is 0.415. The molecule has 1 atom stereocenters. The fraction of sp³-hybridized carbons (Fsp3) is 0.294. The van der Waals surface area contributed by atoms with E-state index in [1.54, 1.807) is 7.11 Å². The van der Waals surface area contributed by atoms with Crippen molar-refractivity contribution >= 4 is 17.3 Å². The van der Waals surface area contributed by atoms with Gasteiger partial charge in [-0.25, -0.2) is 0 Å². The van der Waals surface area contributed by atoms with Gasteiger partial charge in [-0.1, -0.05) is 29.8 Å². The van der Waals surface area contributed by atoms with E-state index in [9.17, 15) is 0 Å². The maximum absolute atomic E-state index is 5.97. The molecule has 0 radical (unpaired) electrons. The fourth-order valence-corrected chi connectivity index (χ4v) is 2.59. The Kier molecular flexibility index (Phi) is 3.83. The highest BCUT2D eigenvalue weighted by Gasteiger charge is 2.32. The molecule has 1 aliphatic carbocycles. The molecule has 0 aromatic heterocycles. The summed E-state index contributed by atoms with van der Waals surface area (Å²) in [7, 11) is 1.69. The van der Waals surface area contributed by atoms with Crippen LogP contribution < -0.4 is 10.1 Å². The zero-order valence-corrected chi connectivity index (χ0v) is 12.2. The monoisotopic (exact) mass is 287 g/mol. The number of hydrogen-bond acceptors (Lipinski definition) is 2. The molecule has 3 heteroatoms. The molecule has 1 N–H and O–H groups in total. The van der Waals surface area contributed by atoms with E-state index in [4.69, 9.17) is 16.3 Å². The van der Waals surface area contributed by atoms with Crippen molar-refractivity contribution in [2.75, 3.05) is 12.4 Å². The third-order valence-corrected chi connectivity index (χ3v) is 3.97. The van der Waals surface area contributed by atoms with E-state index in [2.05, 4.69) is 23.5 Å². The van der Waals surface area contributed by atoms with Gasteiger partial charge in [-0.05, 0) is 48.6 Å². The molecule has 0 amide bonds. The lowest BCUT2D eigenvalue weighted by atomic mass is 10.0. The zero-order chi connectivity index (χ0) is 13.9. The van der Waals surface area contributed by atoms with E-state index in [0.29, 0.717) is 12.0 Å². The molecule has 2 nitrogen and oxygen atoms in total. The molecule has 1 aliphatic rings. The van der Waals surface area contributed by atoms with Crippen molar-refractivity contribution < 1.29 is 4.74 Å². The standard InChI is InChI=1S/C17H18ClNO/c1-20-16-4-2-3-15(11-16)19-17(12-5-6-12)13-7-9-14(18)10-8-13/h2-4,7-12,17,19H,5-6H2,1H3. The van der Waals surface area contributed by atoms with E-state index in [1.807, 2.05) is 30.3 Å². The van der Waals surface area contributed by atoms with Crippen LogP contribution in [0.3, 0.4) is 0 Å². The molecule has 1 saturated carbocycles. The largest absolute Gasteiger partial charge is 0.497 e. The second-order valence-electron chi connectivity index (χ2n) is 5.24. The molecular weight excluding hydrogens is 270 g/mol. The van der Waals surface area contributed by atoms with Gasteiger partial charge in [0.15, 0.2) is 0 Å². The topological polar surface area (TPSA) is 21.3 Å². The van der Waals surface area contributed by atoms with Crippen molar-refractivity contribution in [3.63, 3.8) is 0 Å². The summed E-state index contributed by atoms with van der Waals surface area (Å²) >= 11 is 5.97. The maximum Gasteiger partial charge on any atom is 0.120 e. The number of anilines is 1. The minimum absolute atomic E-state index is 0.347. The molecule has 2 aromatic carbocycles. The zero-order valence-electron chi connectivity index (χ0n) is 11.5. The van der Waals surface area contributed by atoms with Crippen LogP contribution in [0, 0.1) is 5.92 Å². The summed E-state index contributed by atoms with van der Waals surface area (Å²) in [4.78, 5) is 0. The molecule has 0 bridgehead atoms. The predicted molar refractivity (Wildman–Crippen MR) is 83.5 cm³/mol. The number of rotatable bonds is 5. The van der Waals surface area contributed by atoms with Crippen molar-refractivity contribution in [1.82, 2.24) is 0 Å². The molecule has 2 aromatic rings. The Hall–Kier alpha value is -1.67. The molecule has 1 fully saturated rings. The summed E-state index contributed by atoms with van der Waals surface area (Å²) in [5, 5.41) is 4.41. The number of halogens is 1. The van der Waals surface area contributed by atoms with Gasteiger partial charge in [0.1, 0.15) is 5.75 Å². The first-order valence-corrected chi connectivity index (χ1v) is 7.30. The number of methoxy groups -OCH3 is 1. The van der Waals surface area contributed by atoms with Crippen LogP contribution >= 0.6 is 11.6 Å². The quantitative estimate of drug-likeness (QED) is 0.843. The SMILES string of the molecule is COc1cccc(NC(c2ccc(Cl)cc2)C2CC2)c1. The molecule has 0 spiro atoms. The predicted octanol–water partition coefficient (Wildman–Crippen LogP) is 4.91. The summed E-state index contributed by atoms with van der Waals surface area (Å²) in [5.74, 6) is 1.59. The van der Waals surface area contributed by atoms with Gasteiger partial charge >= 0.3 is 0 Å². The van der Waals surface area contributed by atoms with Gasteiger partial charge in [-0.2, -0.15) is 0 Å². The van der Waals surface area contributed by atoms with E-state index in [1.165, 1.54) is 18.4 Å². The lowest BCUT2D eigenvalue weighted by Gasteiger charge is -2.20. The normalized spacial score (nSPS) is 15.7. The molecule has 0 heterocycles. The summed E-state index contributed by atoms with van der Waals surface area (Å²) in [5.41, 5.74) is 2.39. The lowest BCUT2D eigenvalue weighted by Crippen LogP contribution is -2.12. The van der Waals surface area contributed by atoms with Gasteiger partial charge in [-0.15, -0.1) is 0 Å². The van der Waals surface area contributed by atoms with Crippen LogP contribution in [0.25, 0.3) is 0 Å². The average Bonchev–Trinajstić information content (AvgIpc) is 3.31. The molecule has 3 rings (SSSR count). The first-order chi connectivity index (χ1) is 9.76. The number of ether oxygens (including phenoxy) is 1. The van der Waals surface area contributed by atoms with Crippen LogP contribution in [-0.4, -0.2) is 7.11 Å². The molecule has 1 unspecified atom stereocenters. The molecule has 0 aliphatic heterocycles. The van der Waals surface area contributed by atoms with E-state index >= 15 is 0 Å². The van der Waals surface area contributed by atoms with Crippen molar-refractivity contribution in [3.8, 4) is 5.75 Å². The minimum atomic E-state index is 0.347. The van der Waals surface area contributed by atoms with Crippen molar-refractivity contribution in [1.29, 1.82) is 0 Å². The molecule has 104 valence electrons. The minimum Gasteiger partial charge on any atom is -0.497 e. The van der Waals surface area contributed by atoms with Crippen LogP contribution in [0.15, 0.2) is 48.5 Å². The smallest absolute Gasteiger partial charge is 0.120 e. The van der Waals surface area contributed by atoms with Gasteiger partial charge in [0, 0.05) is 16.8 Å². The number of nitrogens with one attached hydrogen (secondary N) is 1. The Balaban J connectivity index is 1.82. The average molecular weight is 288 g/mol. The van der Waals surface area contributed by atoms with Crippen molar-refractivity contribution in [2.45, 2.75) is 18.9 Å². The Morgan fingerprint density at radius 1 is 1.15 bits per heavy atom. The first-order valence-electron chi connectivity index (χ1n) is 6.92. The first kappa shape index (κ1) is 13.3. The van der Waals surface area contributed by atoms with E-state index in [0.717, 1.165) is 16.5 Å². The van der Waals surface area contributed by atoms with Crippen molar-refractivity contribution in [2.24, 2.45) is 5.92 Å². The number of benzene rings is 2. The van der Waals surface area contributed by atoms with Crippen LogP contribution in [0.2, 0.25) is 5.02 Å². The molecule has 20 heavy (non-hydrogen) atoms. The number of hydrogen-bond donors (Lipinski definition) is 1. The highest BCUT2D eigenvalue weighted by molar-refractivity contribution is 6.30. The Morgan fingerprint density at radius 2 is 1.90 bits per heavy atom. The van der Waals surface area contributed by atoms with Gasteiger partial charge in [-0.3, -0.25) is 0 Å². The Labute approximate surface area is 124 Å². The van der Waals surface area contributed by atoms with Gasteiger partial charge in [0.05, 0.1) is 13.2 Å². The summed E-state index contributed by atoms with van der Waals surface area (Å²) in [6.07, 6.45) is 2.56. The second kappa shape index (κ2) is 5.76.